The van der Waals surface area contributed by atoms with Crippen molar-refractivity contribution in [1.82, 2.24) is 0 Å². The molecule has 0 bridgehead atoms. The number of hydrogen-bond donors (Lipinski definition) is 1. The van der Waals surface area contributed by atoms with Gasteiger partial charge in [0, 0.05) is 18.0 Å². The summed E-state index contributed by atoms with van der Waals surface area (Å²) in [5.74, 6) is -2.98. The van der Waals surface area contributed by atoms with Crippen LogP contribution in [-0.4, -0.2) is 0 Å². The highest BCUT2D eigenvalue weighted by Crippen LogP contribution is 2.38. The van der Waals surface area contributed by atoms with Crippen molar-refractivity contribution in [2.75, 3.05) is 0 Å². The van der Waals surface area contributed by atoms with Crippen LogP contribution in [0.4, 0.5) is 8.78 Å². The van der Waals surface area contributed by atoms with Crippen molar-refractivity contribution < 1.29 is 8.78 Å². The van der Waals surface area contributed by atoms with Gasteiger partial charge < -0.3 is 5.73 Å². The number of rotatable bonds is 2. The Bertz CT molecular complexity index is 364. The zero-order valence-corrected chi connectivity index (χ0v) is 9.70. The van der Waals surface area contributed by atoms with Crippen LogP contribution in [0.15, 0.2) is 18.2 Å². The standard InChI is InChI=1S/C11H14ClF2N/c1-10(2,15)7-5-4-6-8(12)9(7)11(3,13)14/h4-6H,15H2,1-3H3. The predicted molar refractivity (Wildman–Crippen MR) is 58.2 cm³/mol. The molecule has 1 aromatic carbocycles. The van der Waals surface area contributed by atoms with E-state index in [1.54, 1.807) is 26.0 Å². The van der Waals surface area contributed by atoms with Gasteiger partial charge in [-0.05, 0) is 25.5 Å². The van der Waals surface area contributed by atoms with E-state index < -0.39 is 11.5 Å². The average Bonchev–Trinajstić information content (AvgIpc) is 1.99. The molecule has 1 aromatic rings. The molecule has 0 aliphatic carbocycles. The summed E-state index contributed by atoms with van der Waals surface area (Å²) in [7, 11) is 0. The Morgan fingerprint density at radius 3 is 2.07 bits per heavy atom. The van der Waals surface area contributed by atoms with Crippen molar-refractivity contribution in [1.29, 1.82) is 0 Å². The third-order valence-corrected chi connectivity index (χ3v) is 2.46. The van der Waals surface area contributed by atoms with E-state index in [1.807, 2.05) is 0 Å². The fourth-order valence-corrected chi connectivity index (χ4v) is 1.85. The van der Waals surface area contributed by atoms with Crippen LogP contribution in [0.2, 0.25) is 5.02 Å². The lowest BCUT2D eigenvalue weighted by Gasteiger charge is -2.26. The predicted octanol–water partition coefficient (Wildman–Crippen LogP) is 3.65. The van der Waals surface area contributed by atoms with Gasteiger partial charge in [-0.3, -0.25) is 0 Å². The van der Waals surface area contributed by atoms with Gasteiger partial charge in [-0.15, -0.1) is 0 Å². The Morgan fingerprint density at radius 2 is 1.73 bits per heavy atom. The molecule has 0 saturated carbocycles. The van der Waals surface area contributed by atoms with Gasteiger partial charge in [-0.25, -0.2) is 8.78 Å². The van der Waals surface area contributed by atoms with Gasteiger partial charge in [0.2, 0.25) is 0 Å². The average molecular weight is 234 g/mol. The van der Waals surface area contributed by atoms with E-state index in [0.29, 0.717) is 5.56 Å². The summed E-state index contributed by atoms with van der Waals surface area (Å²) in [4.78, 5) is 0. The molecule has 0 aromatic heterocycles. The highest BCUT2D eigenvalue weighted by molar-refractivity contribution is 6.31. The molecule has 0 saturated heterocycles. The van der Waals surface area contributed by atoms with Gasteiger partial charge in [0.15, 0.2) is 0 Å². The van der Waals surface area contributed by atoms with E-state index in [9.17, 15) is 8.78 Å². The van der Waals surface area contributed by atoms with Crippen LogP contribution in [0, 0.1) is 0 Å². The quantitative estimate of drug-likeness (QED) is 0.829. The summed E-state index contributed by atoms with van der Waals surface area (Å²) in [6.45, 7) is 4.17. The van der Waals surface area contributed by atoms with Crippen molar-refractivity contribution >= 4 is 11.6 Å². The van der Waals surface area contributed by atoms with Crippen LogP contribution >= 0.6 is 11.6 Å². The molecule has 0 atom stereocenters. The molecular weight excluding hydrogens is 220 g/mol. The number of nitrogens with two attached hydrogens (primary N) is 1. The van der Waals surface area contributed by atoms with Crippen LogP contribution in [0.25, 0.3) is 0 Å². The summed E-state index contributed by atoms with van der Waals surface area (Å²) in [6.07, 6.45) is 0. The van der Waals surface area contributed by atoms with Gasteiger partial charge in [-0.1, -0.05) is 23.7 Å². The molecule has 15 heavy (non-hydrogen) atoms. The largest absolute Gasteiger partial charge is 0.322 e. The smallest absolute Gasteiger partial charge is 0.272 e. The van der Waals surface area contributed by atoms with Crippen LogP contribution in [0.3, 0.4) is 0 Å². The maximum atomic E-state index is 13.4. The first kappa shape index (κ1) is 12.4. The minimum atomic E-state index is -2.98. The minimum absolute atomic E-state index is 0.0542. The molecular formula is C11H14ClF2N. The second kappa shape index (κ2) is 3.72. The van der Waals surface area contributed by atoms with Crippen LogP contribution in [-0.2, 0) is 11.5 Å². The second-order valence-corrected chi connectivity index (χ2v) is 4.68. The van der Waals surface area contributed by atoms with Gasteiger partial charge in [0.1, 0.15) is 0 Å². The molecule has 84 valence electrons. The molecule has 0 radical (unpaired) electrons. The van der Waals surface area contributed by atoms with E-state index in [4.69, 9.17) is 17.3 Å². The van der Waals surface area contributed by atoms with E-state index in [-0.39, 0.29) is 10.6 Å². The number of benzene rings is 1. The molecule has 4 heteroatoms. The molecule has 0 spiro atoms. The Morgan fingerprint density at radius 1 is 1.20 bits per heavy atom. The van der Waals surface area contributed by atoms with Crippen LogP contribution in [0.1, 0.15) is 31.9 Å². The van der Waals surface area contributed by atoms with E-state index in [0.717, 1.165) is 6.92 Å². The Kier molecular flexibility index (Phi) is 3.08. The maximum Gasteiger partial charge on any atom is 0.272 e. The fourth-order valence-electron chi connectivity index (χ4n) is 1.51. The van der Waals surface area contributed by atoms with Crippen LogP contribution < -0.4 is 5.73 Å². The monoisotopic (exact) mass is 233 g/mol. The molecule has 0 aliphatic rings. The number of alkyl halides is 2. The molecule has 0 fully saturated rings. The van der Waals surface area contributed by atoms with Gasteiger partial charge >= 0.3 is 0 Å². The molecule has 0 unspecified atom stereocenters. The van der Waals surface area contributed by atoms with Crippen molar-refractivity contribution in [3.63, 3.8) is 0 Å². The molecule has 2 N–H and O–H groups in total. The zero-order chi connectivity index (χ0) is 11.9. The molecule has 1 rings (SSSR count). The lowest BCUT2D eigenvalue weighted by Crippen LogP contribution is -2.32. The van der Waals surface area contributed by atoms with Crippen molar-refractivity contribution in [2.45, 2.75) is 32.2 Å². The van der Waals surface area contributed by atoms with E-state index in [1.165, 1.54) is 6.07 Å². The van der Waals surface area contributed by atoms with E-state index in [2.05, 4.69) is 0 Å². The molecule has 0 amide bonds. The summed E-state index contributed by atoms with van der Waals surface area (Å²) in [5, 5.41) is 0.0542. The minimum Gasteiger partial charge on any atom is -0.322 e. The summed E-state index contributed by atoms with van der Waals surface area (Å²) in [6, 6.07) is 4.66. The second-order valence-electron chi connectivity index (χ2n) is 4.27. The Balaban J connectivity index is 3.48. The first-order valence-corrected chi connectivity index (χ1v) is 4.98. The SMILES string of the molecule is CC(C)(N)c1cccc(Cl)c1C(C)(F)F. The third kappa shape index (κ3) is 2.67. The number of halogens is 3. The highest BCUT2D eigenvalue weighted by atomic mass is 35.5. The Hall–Kier alpha value is -0.670. The Labute approximate surface area is 93.2 Å². The lowest BCUT2D eigenvalue weighted by atomic mass is 9.88. The summed E-state index contributed by atoms with van der Waals surface area (Å²) < 4.78 is 26.7. The van der Waals surface area contributed by atoms with Gasteiger partial charge in [-0.2, -0.15) is 0 Å². The van der Waals surface area contributed by atoms with Gasteiger partial charge in [0.05, 0.1) is 5.02 Å². The first-order chi connectivity index (χ1) is 6.64. The van der Waals surface area contributed by atoms with Crippen LogP contribution in [0.5, 0.6) is 0 Å². The summed E-state index contributed by atoms with van der Waals surface area (Å²) >= 11 is 5.78. The highest BCUT2D eigenvalue weighted by Gasteiger charge is 2.33. The van der Waals surface area contributed by atoms with Crippen molar-refractivity contribution in [3.8, 4) is 0 Å². The first-order valence-electron chi connectivity index (χ1n) is 4.60. The molecule has 1 nitrogen and oxygen atoms in total. The maximum absolute atomic E-state index is 13.4. The van der Waals surface area contributed by atoms with Crippen molar-refractivity contribution in [3.05, 3.63) is 34.3 Å². The van der Waals surface area contributed by atoms with E-state index >= 15 is 0 Å². The van der Waals surface area contributed by atoms with Crippen molar-refractivity contribution in [2.24, 2.45) is 5.73 Å². The summed E-state index contributed by atoms with van der Waals surface area (Å²) in [5.41, 5.74) is 5.19. The molecule has 0 aliphatic heterocycles. The van der Waals surface area contributed by atoms with Gasteiger partial charge in [0.25, 0.3) is 5.92 Å². The normalized spacial score (nSPS) is 13.0. The topological polar surface area (TPSA) is 26.0 Å². The zero-order valence-electron chi connectivity index (χ0n) is 8.94. The number of hydrogen-bond acceptors (Lipinski definition) is 1. The third-order valence-electron chi connectivity index (χ3n) is 2.15. The molecule has 0 heterocycles. The lowest BCUT2D eigenvalue weighted by molar-refractivity contribution is 0.0157. The fraction of sp³-hybridized carbons (Fsp3) is 0.455.